The van der Waals surface area contributed by atoms with E-state index in [1.807, 2.05) is 12.2 Å². The van der Waals surface area contributed by atoms with Crippen molar-refractivity contribution in [2.45, 2.75) is 6.42 Å². The van der Waals surface area contributed by atoms with Crippen LogP contribution in [0.3, 0.4) is 0 Å². The van der Waals surface area contributed by atoms with Crippen molar-refractivity contribution in [2.24, 2.45) is 23.7 Å². The van der Waals surface area contributed by atoms with Gasteiger partial charge in [0.2, 0.25) is 5.91 Å². The number of fused-ring (bicyclic) bond motifs is 2. The maximum absolute atomic E-state index is 12.6. The summed E-state index contributed by atoms with van der Waals surface area (Å²) >= 11 is 3.26. The number of hydrogen-bond acceptors (Lipinski definition) is 3. The molecule has 1 aromatic carbocycles. The van der Waals surface area contributed by atoms with E-state index in [4.69, 9.17) is 5.11 Å². The average Bonchev–Trinajstić information content (AvgIpc) is 3.09. The normalized spacial score (nSPS) is 27.9. The third-order valence-corrected chi connectivity index (χ3v) is 5.21. The molecule has 2 aliphatic carbocycles. The van der Waals surface area contributed by atoms with Gasteiger partial charge in [-0.05, 0) is 52.4 Å². The van der Waals surface area contributed by atoms with Crippen molar-refractivity contribution in [2.75, 3.05) is 5.32 Å². The Morgan fingerprint density at radius 2 is 1.74 bits per heavy atom. The van der Waals surface area contributed by atoms with E-state index in [1.54, 1.807) is 0 Å². The van der Waals surface area contributed by atoms with Crippen LogP contribution in [0.4, 0.5) is 5.69 Å². The lowest BCUT2D eigenvalue weighted by Gasteiger charge is -2.24. The van der Waals surface area contributed by atoms with Gasteiger partial charge in [0.05, 0.1) is 23.1 Å². The highest BCUT2D eigenvalue weighted by Gasteiger charge is 2.51. The van der Waals surface area contributed by atoms with Crippen LogP contribution in [-0.2, 0) is 9.59 Å². The minimum Gasteiger partial charge on any atom is -0.481 e. The molecule has 1 fully saturated rings. The van der Waals surface area contributed by atoms with Crippen LogP contribution in [-0.4, -0.2) is 28.1 Å². The van der Waals surface area contributed by atoms with E-state index in [2.05, 4.69) is 21.2 Å². The van der Waals surface area contributed by atoms with Gasteiger partial charge in [-0.15, -0.1) is 0 Å². The lowest BCUT2D eigenvalue weighted by molar-refractivity contribution is -0.146. The average molecular weight is 380 g/mol. The molecule has 0 saturated heterocycles. The molecule has 120 valence electrons. The van der Waals surface area contributed by atoms with Gasteiger partial charge in [-0.25, -0.2) is 4.79 Å². The molecule has 3 N–H and O–H groups in total. The van der Waals surface area contributed by atoms with Crippen LogP contribution in [0.2, 0.25) is 0 Å². The fourth-order valence-electron chi connectivity index (χ4n) is 3.49. The van der Waals surface area contributed by atoms with Crippen molar-refractivity contribution < 1.29 is 24.6 Å². The van der Waals surface area contributed by atoms with Crippen LogP contribution in [0.5, 0.6) is 0 Å². The number of aliphatic carboxylic acids is 1. The van der Waals surface area contributed by atoms with E-state index in [9.17, 15) is 19.5 Å². The number of anilines is 1. The maximum atomic E-state index is 12.6. The summed E-state index contributed by atoms with van der Waals surface area (Å²) < 4.78 is 0.543. The molecule has 2 aliphatic rings. The zero-order valence-electron chi connectivity index (χ0n) is 11.9. The Balaban J connectivity index is 1.85. The Labute approximate surface area is 140 Å². The second-order valence-electron chi connectivity index (χ2n) is 5.83. The summed E-state index contributed by atoms with van der Waals surface area (Å²) in [5, 5.41) is 21.1. The van der Waals surface area contributed by atoms with E-state index >= 15 is 0 Å². The third-order valence-electron chi connectivity index (χ3n) is 4.52. The highest BCUT2D eigenvalue weighted by Crippen LogP contribution is 2.48. The van der Waals surface area contributed by atoms with Gasteiger partial charge >= 0.3 is 11.9 Å². The van der Waals surface area contributed by atoms with Crippen molar-refractivity contribution in [3.05, 3.63) is 40.4 Å². The molecular weight excluding hydrogens is 366 g/mol. The number of nitrogens with one attached hydrogen (secondary N) is 1. The minimum atomic E-state index is -1.10. The Hall–Kier alpha value is -2.15. The monoisotopic (exact) mass is 379 g/mol. The smallest absolute Gasteiger partial charge is 0.335 e. The van der Waals surface area contributed by atoms with Crippen LogP contribution in [0.1, 0.15) is 16.8 Å². The lowest BCUT2D eigenvalue weighted by Crippen LogP contribution is -2.36. The lowest BCUT2D eigenvalue weighted by atomic mass is 9.82. The summed E-state index contributed by atoms with van der Waals surface area (Å²) in [5.41, 5.74) is 0.372. The minimum absolute atomic E-state index is 0.0473. The summed E-state index contributed by atoms with van der Waals surface area (Å²) in [6, 6.07) is 4.31. The predicted octanol–water partition coefficient (Wildman–Crippen LogP) is 2.61. The quantitative estimate of drug-likeness (QED) is 0.697. The molecule has 2 bridgehead atoms. The largest absolute Gasteiger partial charge is 0.481 e. The Kier molecular flexibility index (Phi) is 3.97. The number of hydrogen-bond donors (Lipinski definition) is 3. The summed E-state index contributed by atoms with van der Waals surface area (Å²) in [6.45, 7) is 0. The van der Waals surface area contributed by atoms with E-state index in [0.29, 0.717) is 16.6 Å². The first-order valence-electron chi connectivity index (χ1n) is 7.13. The number of carbonyl (C=O) groups excluding carboxylic acids is 1. The van der Waals surface area contributed by atoms with E-state index in [1.165, 1.54) is 18.2 Å². The first-order chi connectivity index (χ1) is 10.9. The van der Waals surface area contributed by atoms with Crippen LogP contribution >= 0.6 is 15.9 Å². The van der Waals surface area contributed by atoms with Crippen LogP contribution in [0.25, 0.3) is 0 Å². The van der Waals surface area contributed by atoms with Crippen molar-refractivity contribution in [1.82, 2.24) is 0 Å². The molecule has 0 radical (unpaired) electrons. The fraction of sp³-hybridized carbons (Fsp3) is 0.312. The summed E-state index contributed by atoms with van der Waals surface area (Å²) in [5.74, 6) is -4.02. The zero-order valence-corrected chi connectivity index (χ0v) is 13.5. The molecule has 0 unspecified atom stereocenters. The number of allylic oxidation sites excluding steroid dienone is 2. The molecule has 4 atom stereocenters. The molecule has 1 aromatic rings. The SMILES string of the molecule is O=C(O)c1ccc(Br)c(NC(=O)[C@H]2[C@@H](C(=O)O)[C@H]3C=C[C@@H]2C3)c1. The number of carbonyl (C=O) groups is 3. The highest BCUT2D eigenvalue weighted by atomic mass is 79.9. The second-order valence-corrected chi connectivity index (χ2v) is 6.68. The van der Waals surface area contributed by atoms with Crippen molar-refractivity contribution >= 4 is 39.5 Å². The molecule has 0 aliphatic heterocycles. The molecule has 23 heavy (non-hydrogen) atoms. The summed E-state index contributed by atoms with van der Waals surface area (Å²) in [7, 11) is 0. The molecule has 0 aromatic heterocycles. The van der Waals surface area contributed by atoms with Gasteiger partial charge < -0.3 is 15.5 Å². The number of benzene rings is 1. The number of carboxylic acid groups (broad SMARTS) is 2. The first kappa shape index (κ1) is 15.7. The zero-order chi connectivity index (χ0) is 16.7. The van der Waals surface area contributed by atoms with Crippen LogP contribution < -0.4 is 5.32 Å². The van der Waals surface area contributed by atoms with Crippen LogP contribution in [0.15, 0.2) is 34.8 Å². The van der Waals surface area contributed by atoms with Crippen molar-refractivity contribution in [1.29, 1.82) is 0 Å². The van der Waals surface area contributed by atoms with E-state index in [-0.39, 0.29) is 17.4 Å². The Morgan fingerprint density at radius 1 is 1.09 bits per heavy atom. The molecule has 3 rings (SSSR count). The third kappa shape index (κ3) is 2.76. The van der Waals surface area contributed by atoms with Gasteiger partial charge in [-0.3, -0.25) is 9.59 Å². The molecule has 0 heterocycles. The van der Waals surface area contributed by atoms with Gasteiger partial charge in [0.1, 0.15) is 0 Å². The maximum Gasteiger partial charge on any atom is 0.335 e. The van der Waals surface area contributed by atoms with Gasteiger partial charge in [-0.1, -0.05) is 12.2 Å². The standard InChI is InChI=1S/C16H14BrNO5/c17-10-4-3-9(15(20)21)6-11(10)18-14(19)12-7-1-2-8(5-7)13(12)16(22)23/h1-4,6-8,12-13H,5H2,(H,18,19)(H,20,21)(H,22,23)/t7-,8+,12-,13+/m1/s1. The first-order valence-corrected chi connectivity index (χ1v) is 7.92. The second kappa shape index (κ2) is 5.81. The van der Waals surface area contributed by atoms with Gasteiger partial charge in [0, 0.05) is 4.47 Å². The number of aromatic carboxylic acids is 1. The molecule has 0 spiro atoms. The Bertz CT molecular complexity index is 729. The number of halogens is 1. The number of carboxylic acids is 2. The summed E-state index contributed by atoms with van der Waals surface area (Å²) in [4.78, 5) is 35.1. The summed E-state index contributed by atoms with van der Waals surface area (Å²) in [6.07, 6.45) is 4.44. The number of rotatable bonds is 4. The molecule has 7 heteroatoms. The predicted molar refractivity (Wildman–Crippen MR) is 85.1 cm³/mol. The van der Waals surface area contributed by atoms with Crippen molar-refractivity contribution in [3.8, 4) is 0 Å². The van der Waals surface area contributed by atoms with Gasteiger partial charge in [0.25, 0.3) is 0 Å². The van der Waals surface area contributed by atoms with Crippen LogP contribution in [0, 0.1) is 23.7 Å². The van der Waals surface area contributed by atoms with E-state index in [0.717, 1.165) is 0 Å². The Morgan fingerprint density at radius 3 is 2.35 bits per heavy atom. The van der Waals surface area contributed by atoms with Gasteiger partial charge in [-0.2, -0.15) is 0 Å². The van der Waals surface area contributed by atoms with Gasteiger partial charge in [0.15, 0.2) is 0 Å². The number of amides is 1. The highest BCUT2D eigenvalue weighted by molar-refractivity contribution is 9.10. The molecule has 6 nitrogen and oxygen atoms in total. The fourth-order valence-corrected chi connectivity index (χ4v) is 3.83. The van der Waals surface area contributed by atoms with E-state index < -0.39 is 29.7 Å². The van der Waals surface area contributed by atoms with Crippen molar-refractivity contribution in [3.63, 3.8) is 0 Å². The topological polar surface area (TPSA) is 104 Å². The molecule has 1 amide bonds. The molecular formula is C16H14BrNO5. The molecule has 1 saturated carbocycles.